The Morgan fingerprint density at radius 3 is 2.67 bits per heavy atom. The number of rotatable bonds is 1. The van der Waals surface area contributed by atoms with Gasteiger partial charge in [-0.3, -0.25) is 4.79 Å². The largest absolute Gasteiger partial charge is 0.399 e. The van der Waals surface area contributed by atoms with Crippen LogP contribution in [0.2, 0.25) is 0 Å². The summed E-state index contributed by atoms with van der Waals surface area (Å²) in [6, 6.07) is 7.62. The van der Waals surface area contributed by atoms with E-state index in [1.54, 1.807) is 6.08 Å². The van der Waals surface area contributed by atoms with Crippen molar-refractivity contribution in [2.45, 2.75) is 6.92 Å². The average molecular weight is 202 g/mol. The molecule has 0 fully saturated rings. The van der Waals surface area contributed by atoms with E-state index >= 15 is 0 Å². The third-order valence-corrected chi connectivity index (χ3v) is 2.64. The second-order valence-electron chi connectivity index (χ2n) is 3.87. The van der Waals surface area contributed by atoms with Gasteiger partial charge in [-0.25, -0.2) is 0 Å². The minimum Gasteiger partial charge on any atom is -0.399 e. The molecule has 0 bridgehead atoms. The number of benzene rings is 1. The van der Waals surface area contributed by atoms with Crippen LogP contribution in [-0.2, 0) is 4.79 Å². The van der Waals surface area contributed by atoms with Crippen LogP contribution in [0.5, 0.6) is 0 Å². The van der Waals surface area contributed by atoms with E-state index in [1.165, 1.54) is 0 Å². The standard InChI is InChI=1S/C12H14N2O/c1-8-7-14-12(15)6-11(8)9-2-4-10(13)5-3-9/h2-6,8H,7,13H2,1H3,(H,14,15)/t8-/m0/s1. The summed E-state index contributed by atoms with van der Waals surface area (Å²) in [5, 5.41) is 2.80. The predicted molar refractivity (Wildman–Crippen MR) is 61.0 cm³/mol. The first kappa shape index (κ1) is 9.77. The van der Waals surface area contributed by atoms with E-state index in [1.807, 2.05) is 24.3 Å². The first-order valence-corrected chi connectivity index (χ1v) is 5.02. The van der Waals surface area contributed by atoms with E-state index in [0.29, 0.717) is 12.5 Å². The Morgan fingerprint density at radius 1 is 1.33 bits per heavy atom. The van der Waals surface area contributed by atoms with Crippen LogP contribution in [0.1, 0.15) is 12.5 Å². The Kier molecular flexibility index (Phi) is 2.46. The van der Waals surface area contributed by atoms with Gasteiger partial charge in [-0.15, -0.1) is 0 Å². The molecule has 0 aliphatic carbocycles. The van der Waals surface area contributed by atoms with Crippen LogP contribution in [0.25, 0.3) is 5.57 Å². The smallest absolute Gasteiger partial charge is 0.244 e. The van der Waals surface area contributed by atoms with Gasteiger partial charge in [-0.1, -0.05) is 19.1 Å². The van der Waals surface area contributed by atoms with E-state index < -0.39 is 0 Å². The number of nitrogens with two attached hydrogens (primary N) is 1. The molecule has 0 saturated carbocycles. The van der Waals surface area contributed by atoms with Crippen LogP contribution in [0.15, 0.2) is 30.3 Å². The fraction of sp³-hybridized carbons (Fsp3) is 0.250. The minimum absolute atomic E-state index is 0.0140. The van der Waals surface area contributed by atoms with Gasteiger partial charge in [-0.2, -0.15) is 0 Å². The van der Waals surface area contributed by atoms with Crippen molar-refractivity contribution >= 4 is 17.2 Å². The molecule has 1 aromatic carbocycles. The summed E-state index contributed by atoms with van der Waals surface area (Å²) in [6.07, 6.45) is 1.67. The normalized spacial score (nSPS) is 20.7. The van der Waals surface area contributed by atoms with Gasteiger partial charge in [0.2, 0.25) is 5.91 Å². The molecule has 15 heavy (non-hydrogen) atoms. The van der Waals surface area contributed by atoms with Crippen molar-refractivity contribution in [2.75, 3.05) is 12.3 Å². The first-order chi connectivity index (χ1) is 7.16. The number of amides is 1. The molecule has 3 nitrogen and oxygen atoms in total. The second-order valence-corrected chi connectivity index (χ2v) is 3.87. The van der Waals surface area contributed by atoms with Crippen molar-refractivity contribution < 1.29 is 4.79 Å². The van der Waals surface area contributed by atoms with Crippen molar-refractivity contribution in [2.24, 2.45) is 5.92 Å². The number of anilines is 1. The summed E-state index contributed by atoms with van der Waals surface area (Å²) in [4.78, 5) is 11.2. The summed E-state index contributed by atoms with van der Waals surface area (Å²) in [5.41, 5.74) is 8.52. The number of hydrogen-bond acceptors (Lipinski definition) is 2. The van der Waals surface area contributed by atoms with Gasteiger partial charge in [0.05, 0.1) is 0 Å². The highest BCUT2D eigenvalue weighted by Crippen LogP contribution is 2.25. The molecule has 0 radical (unpaired) electrons. The number of hydrogen-bond donors (Lipinski definition) is 2. The van der Waals surface area contributed by atoms with Gasteiger partial charge in [0.25, 0.3) is 0 Å². The van der Waals surface area contributed by atoms with E-state index in [-0.39, 0.29) is 5.91 Å². The van der Waals surface area contributed by atoms with Crippen molar-refractivity contribution in [1.29, 1.82) is 0 Å². The summed E-state index contributed by atoms with van der Waals surface area (Å²) < 4.78 is 0. The highest BCUT2D eigenvalue weighted by atomic mass is 16.1. The van der Waals surface area contributed by atoms with Gasteiger partial charge in [-0.05, 0) is 29.2 Å². The zero-order chi connectivity index (χ0) is 10.8. The number of carbonyl (C=O) groups is 1. The summed E-state index contributed by atoms with van der Waals surface area (Å²) in [6.45, 7) is 2.80. The molecule has 3 heteroatoms. The highest BCUT2D eigenvalue weighted by molar-refractivity contribution is 5.97. The monoisotopic (exact) mass is 202 g/mol. The van der Waals surface area contributed by atoms with Gasteiger partial charge in [0, 0.05) is 18.3 Å². The second kappa shape index (κ2) is 3.77. The summed E-state index contributed by atoms with van der Waals surface area (Å²) in [5.74, 6) is 0.339. The lowest BCUT2D eigenvalue weighted by Gasteiger charge is -2.21. The van der Waals surface area contributed by atoms with E-state index in [2.05, 4.69) is 12.2 Å². The molecule has 1 aromatic rings. The van der Waals surface area contributed by atoms with Gasteiger partial charge in [0.1, 0.15) is 0 Å². The van der Waals surface area contributed by atoms with Gasteiger partial charge >= 0.3 is 0 Å². The van der Waals surface area contributed by atoms with Gasteiger partial charge < -0.3 is 11.1 Å². The maximum atomic E-state index is 11.2. The van der Waals surface area contributed by atoms with E-state index in [0.717, 1.165) is 16.8 Å². The van der Waals surface area contributed by atoms with Crippen molar-refractivity contribution in [3.8, 4) is 0 Å². The maximum absolute atomic E-state index is 11.2. The van der Waals surface area contributed by atoms with Crippen LogP contribution < -0.4 is 11.1 Å². The van der Waals surface area contributed by atoms with Crippen molar-refractivity contribution in [3.05, 3.63) is 35.9 Å². The van der Waals surface area contributed by atoms with Crippen LogP contribution in [-0.4, -0.2) is 12.5 Å². The lowest BCUT2D eigenvalue weighted by molar-refractivity contribution is -0.116. The Balaban J connectivity index is 2.36. The topological polar surface area (TPSA) is 55.1 Å². The molecule has 1 amide bonds. The molecule has 3 N–H and O–H groups in total. The zero-order valence-electron chi connectivity index (χ0n) is 8.66. The molecule has 0 aromatic heterocycles. The van der Waals surface area contributed by atoms with Crippen LogP contribution in [0.3, 0.4) is 0 Å². The lowest BCUT2D eigenvalue weighted by atomic mass is 9.91. The Morgan fingerprint density at radius 2 is 2.00 bits per heavy atom. The highest BCUT2D eigenvalue weighted by Gasteiger charge is 2.17. The van der Waals surface area contributed by atoms with Crippen LogP contribution in [0.4, 0.5) is 5.69 Å². The predicted octanol–water partition coefficient (Wildman–Crippen LogP) is 1.42. The van der Waals surface area contributed by atoms with Gasteiger partial charge in [0.15, 0.2) is 0 Å². The molecule has 2 rings (SSSR count). The van der Waals surface area contributed by atoms with E-state index in [9.17, 15) is 4.79 Å². The number of carbonyl (C=O) groups excluding carboxylic acids is 1. The summed E-state index contributed by atoms with van der Waals surface area (Å²) in [7, 11) is 0. The fourth-order valence-corrected chi connectivity index (χ4v) is 1.74. The Bertz CT molecular complexity index is 406. The minimum atomic E-state index is -0.0140. The number of nitrogen functional groups attached to an aromatic ring is 1. The SMILES string of the molecule is C[C@H]1CNC(=O)C=C1c1ccc(N)cc1. The fourth-order valence-electron chi connectivity index (χ4n) is 1.74. The summed E-state index contributed by atoms with van der Waals surface area (Å²) >= 11 is 0. The maximum Gasteiger partial charge on any atom is 0.244 e. The molecule has 1 atom stereocenters. The molecule has 0 unspecified atom stereocenters. The van der Waals surface area contributed by atoms with Crippen molar-refractivity contribution in [1.82, 2.24) is 5.32 Å². The van der Waals surface area contributed by atoms with Crippen LogP contribution >= 0.6 is 0 Å². The third-order valence-electron chi connectivity index (χ3n) is 2.64. The quantitative estimate of drug-likeness (QED) is 0.677. The van der Waals surface area contributed by atoms with Crippen LogP contribution in [0, 0.1) is 5.92 Å². The first-order valence-electron chi connectivity index (χ1n) is 5.02. The molecule has 1 aliphatic rings. The zero-order valence-corrected chi connectivity index (χ0v) is 8.66. The number of nitrogens with one attached hydrogen (secondary N) is 1. The third kappa shape index (κ3) is 2.01. The average Bonchev–Trinajstić information content (AvgIpc) is 2.23. The molecular formula is C12H14N2O. The Labute approximate surface area is 89.0 Å². The Hall–Kier alpha value is -1.77. The van der Waals surface area contributed by atoms with Crippen molar-refractivity contribution in [3.63, 3.8) is 0 Å². The molecule has 78 valence electrons. The molecular weight excluding hydrogens is 188 g/mol. The van der Waals surface area contributed by atoms with E-state index in [4.69, 9.17) is 5.73 Å². The molecule has 0 spiro atoms. The molecule has 1 heterocycles. The molecule has 1 aliphatic heterocycles. The lowest BCUT2D eigenvalue weighted by Crippen LogP contribution is -2.32. The molecule has 0 saturated heterocycles.